The predicted octanol–water partition coefficient (Wildman–Crippen LogP) is 2.24. The topological polar surface area (TPSA) is 29.9 Å². The Hall–Kier alpha value is -1.35. The van der Waals surface area contributed by atoms with Gasteiger partial charge >= 0.3 is 0 Å². The van der Waals surface area contributed by atoms with Gasteiger partial charge in [0.05, 0.1) is 17.1 Å². The molecule has 0 saturated heterocycles. The Bertz CT molecular complexity index is 455. The van der Waals surface area contributed by atoms with Crippen molar-refractivity contribution in [1.29, 1.82) is 0 Å². The Balaban J connectivity index is 2.57. The van der Waals surface area contributed by atoms with Crippen molar-refractivity contribution in [3.8, 4) is 0 Å². The van der Waals surface area contributed by atoms with Gasteiger partial charge in [-0.25, -0.2) is 4.98 Å². The average molecular weight is 203 g/mol. The maximum atomic E-state index is 4.65. The molecule has 3 heteroatoms. The first-order valence-corrected chi connectivity index (χ1v) is 5.36. The molecule has 0 aliphatic carbocycles. The lowest BCUT2D eigenvalue weighted by atomic mass is 10.2. The summed E-state index contributed by atoms with van der Waals surface area (Å²) in [5.41, 5.74) is 2.27. The normalized spacial score (nSPS) is 13.3. The molecule has 1 aromatic carbocycles. The number of hydrogen-bond donors (Lipinski definition) is 1. The number of hydrogen-bond acceptors (Lipinski definition) is 2. The van der Waals surface area contributed by atoms with Crippen LogP contribution in [-0.2, 0) is 7.05 Å². The summed E-state index contributed by atoms with van der Waals surface area (Å²) in [4.78, 5) is 4.65. The van der Waals surface area contributed by atoms with E-state index in [9.17, 15) is 0 Å². The van der Waals surface area contributed by atoms with Gasteiger partial charge < -0.3 is 9.88 Å². The zero-order valence-corrected chi connectivity index (χ0v) is 9.49. The molecule has 1 N–H and O–H groups in total. The van der Waals surface area contributed by atoms with Crippen molar-refractivity contribution >= 4 is 11.0 Å². The molecule has 1 heterocycles. The first-order valence-electron chi connectivity index (χ1n) is 5.36. The maximum Gasteiger partial charge on any atom is 0.126 e. The Morgan fingerprint density at radius 1 is 1.40 bits per heavy atom. The fourth-order valence-corrected chi connectivity index (χ4v) is 1.99. The van der Waals surface area contributed by atoms with Crippen LogP contribution >= 0.6 is 0 Å². The second-order valence-corrected chi connectivity index (χ2v) is 3.77. The van der Waals surface area contributed by atoms with Crippen molar-refractivity contribution in [3.63, 3.8) is 0 Å². The van der Waals surface area contributed by atoms with E-state index in [4.69, 9.17) is 0 Å². The molecule has 2 aromatic rings. The highest BCUT2D eigenvalue weighted by atomic mass is 15.1. The zero-order chi connectivity index (χ0) is 10.8. The van der Waals surface area contributed by atoms with Gasteiger partial charge in [-0.2, -0.15) is 0 Å². The molecule has 0 spiro atoms. The van der Waals surface area contributed by atoms with E-state index < -0.39 is 0 Å². The van der Waals surface area contributed by atoms with Crippen molar-refractivity contribution in [2.75, 3.05) is 7.05 Å². The van der Waals surface area contributed by atoms with Crippen LogP contribution in [0.25, 0.3) is 11.0 Å². The number of imidazole rings is 1. The van der Waals surface area contributed by atoms with E-state index in [0.29, 0.717) is 6.04 Å². The highest BCUT2D eigenvalue weighted by Crippen LogP contribution is 2.20. The lowest BCUT2D eigenvalue weighted by Gasteiger charge is -2.13. The van der Waals surface area contributed by atoms with E-state index in [-0.39, 0.29) is 0 Å². The minimum Gasteiger partial charge on any atom is -0.330 e. The van der Waals surface area contributed by atoms with Gasteiger partial charge in [0.15, 0.2) is 0 Å². The average Bonchev–Trinajstić information content (AvgIpc) is 2.60. The van der Waals surface area contributed by atoms with E-state index >= 15 is 0 Å². The SMILES string of the molecule is CCC(NC)c1nc2ccccc2n1C. The summed E-state index contributed by atoms with van der Waals surface area (Å²) in [6.45, 7) is 2.17. The maximum absolute atomic E-state index is 4.65. The fourth-order valence-electron chi connectivity index (χ4n) is 1.99. The van der Waals surface area contributed by atoms with E-state index in [1.807, 2.05) is 19.2 Å². The first kappa shape index (κ1) is 10.2. The standard InChI is InChI=1S/C12H17N3/c1-4-9(13-2)12-14-10-7-5-6-8-11(10)15(12)3/h5-9,13H,4H2,1-3H3. The van der Waals surface area contributed by atoms with E-state index in [1.54, 1.807) is 0 Å². The number of nitrogens with zero attached hydrogens (tertiary/aromatic N) is 2. The number of aryl methyl sites for hydroxylation is 1. The van der Waals surface area contributed by atoms with Crippen molar-refractivity contribution < 1.29 is 0 Å². The molecule has 2 rings (SSSR count). The summed E-state index contributed by atoms with van der Waals surface area (Å²) in [6.07, 6.45) is 1.05. The van der Waals surface area contributed by atoms with Crippen molar-refractivity contribution in [2.45, 2.75) is 19.4 Å². The highest BCUT2D eigenvalue weighted by molar-refractivity contribution is 5.75. The molecule has 1 aromatic heterocycles. The van der Waals surface area contributed by atoms with Crippen LogP contribution in [0.15, 0.2) is 24.3 Å². The second kappa shape index (κ2) is 4.03. The van der Waals surface area contributed by atoms with Crippen LogP contribution in [0.3, 0.4) is 0 Å². The molecule has 0 radical (unpaired) electrons. The quantitative estimate of drug-likeness (QED) is 0.829. The van der Waals surface area contributed by atoms with E-state index in [1.165, 1.54) is 5.52 Å². The molecule has 0 aliphatic heterocycles. The van der Waals surface area contributed by atoms with Gasteiger partial charge in [0, 0.05) is 7.05 Å². The van der Waals surface area contributed by atoms with E-state index in [0.717, 1.165) is 17.8 Å². The van der Waals surface area contributed by atoms with Gasteiger partial charge in [-0.3, -0.25) is 0 Å². The van der Waals surface area contributed by atoms with Crippen LogP contribution in [0.4, 0.5) is 0 Å². The van der Waals surface area contributed by atoms with E-state index in [2.05, 4.69) is 41.0 Å². The molecular formula is C12H17N3. The number of rotatable bonds is 3. The lowest BCUT2D eigenvalue weighted by Crippen LogP contribution is -2.19. The summed E-state index contributed by atoms with van der Waals surface area (Å²) in [7, 11) is 4.05. The monoisotopic (exact) mass is 203 g/mol. The highest BCUT2D eigenvalue weighted by Gasteiger charge is 2.14. The summed E-state index contributed by atoms with van der Waals surface area (Å²) >= 11 is 0. The van der Waals surface area contributed by atoms with Gasteiger partial charge in [0.25, 0.3) is 0 Å². The van der Waals surface area contributed by atoms with Gasteiger partial charge in [0.1, 0.15) is 5.82 Å². The summed E-state index contributed by atoms with van der Waals surface area (Å²) < 4.78 is 2.17. The van der Waals surface area contributed by atoms with Crippen LogP contribution in [-0.4, -0.2) is 16.6 Å². The molecule has 0 bridgehead atoms. The number of nitrogens with one attached hydrogen (secondary N) is 1. The van der Waals surface area contributed by atoms with Crippen LogP contribution in [0.2, 0.25) is 0 Å². The Morgan fingerprint density at radius 2 is 2.13 bits per heavy atom. The molecule has 0 fully saturated rings. The van der Waals surface area contributed by atoms with Crippen molar-refractivity contribution in [1.82, 2.24) is 14.9 Å². The number of fused-ring (bicyclic) bond motifs is 1. The molecule has 0 amide bonds. The van der Waals surface area contributed by atoms with Crippen molar-refractivity contribution in [3.05, 3.63) is 30.1 Å². The Kier molecular flexibility index (Phi) is 2.73. The minimum atomic E-state index is 0.336. The second-order valence-electron chi connectivity index (χ2n) is 3.77. The predicted molar refractivity (Wildman–Crippen MR) is 62.8 cm³/mol. The number of aromatic nitrogens is 2. The molecule has 1 atom stereocenters. The number of para-hydroxylation sites is 2. The minimum absolute atomic E-state index is 0.336. The number of benzene rings is 1. The molecule has 1 unspecified atom stereocenters. The Labute approximate surface area is 90.1 Å². The van der Waals surface area contributed by atoms with Gasteiger partial charge in [-0.05, 0) is 25.6 Å². The third-order valence-corrected chi connectivity index (χ3v) is 2.89. The van der Waals surface area contributed by atoms with Gasteiger partial charge in [0.2, 0.25) is 0 Å². The summed E-state index contributed by atoms with van der Waals surface area (Å²) in [5.74, 6) is 1.11. The molecule has 80 valence electrons. The smallest absolute Gasteiger partial charge is 0.126 e. The van der Waals surface area contributed by atoms with Gasteiger partial charge in [-0.1, -0.05) is 19.1 Å². The van der Waals surface area contributed by atoms with Crippen molar-refractivity contribution in [2.24, 2.45) is 7.05 Å². The first-order chi connectivity index (χ1) is 7.27. The van der Waals surface area contributed by atoms with Crippen LogP contribution < -0.4 is 5.32 Å². The van der Waals surface area contributed by atoms with Crippen LogP contribution in [0.1, 0.15) is 25.2 Å². The molecular weight excluding hydrogens is 186 g/mol. The molecule has 0 saturated carbocycles. The molecule has 0 aliphatic rings. The largest absolute Gasteiger partial charge is 0.330 e. The third-order valence-electron chi connectivity index (χ3n) is 2.89. The fraction of sp³-hybridized carbons (Fsp3) is 0.417. The Morgan fingerprint density at radius 3 is 2.73 bits per heavy atom. The van der Waals surface area contributed by atoms with Crippen LogP contribution in [0, 0.1) is 0 Å². The third kappa shape index (κ3) is 1.63. The van der Waals surface area contributed by atoms with Crippen LogP contribution in [0.5, 0.6) is 0 Å². The molecule has 3 nitrogen and oxygen atoms in total. The molecule has 15 heavy (non-hydrogen) atoms. The lowest BCUT2D eigenvalue weighted by molar-refractivity contribution is 0.529. The zero-order valence-electron chi connectivity index (χ0n) is 9.49. The summed E-state index contributed by atoms with van der Waals surface area (Å²) in [6, 6.07) is 8.57. The van der Waals surface area contributed by atoms with Gasteiger partial charge in [-0.15, -0.1) is 0 Å². The summed E-state index contributed by atoms with van der Waals surface area (Å²) in [5, 5.41) is 3.29.